The van der Waals surface area contributed by atoms with E-state index < -0.39 is 0 Å². The predicted molar refractivity (Wildman–Crippen MR) is 81.0 cm³/mol. The fraction of sp³-hybridized carbons (Fsp3) is 0.571. The minimum atomic E-state index is -0.142. The number of pyridine rings is 1. The van der Waals surface area contributed by atoms with Crippen molar-refractivity contribution in [3.63, 3.8) is 0 Å². The summed E-state index contributed by atoms with van der Waals surface area (Å²) >= 11 is 0. The van der Waals surface area contributed by atoms with Crippen LogP contribution in [0.3, 0.4) is 0 Å². The fourth-order valence-electron chi connectivity index (χ4n) is 1.88. The Morgan fingerprint density at radius 1 is 1.30 bits per heavy atom. The van der Waals surface area contributed by atoms with Crippen molar-refractivity contribution in [1.82, 2.24) is 9.88 Å². The van der Waals surface area contributed by atoms with Crippen LogP contribution in [-0.2, 0) is 4.74 Å². The summed E-state index contributed by atoms with van der Waals surface area (Å²) in [6.45, 7) is 7.00. The number of nitrogens with two attached hydrogens (primary N) is 1. The van der Waals surface area contributed by atoms with E-state index >= 15 is 0 Å². The Kier molecular flexibility index (Phi) is 6.24. The lowest BCUT2D eigenvalue weighted by molar-refractivity contribution is 0.0822. The number of carbonyl (C=O) groups is 1. The first-order valence-corrected chi connectivity index (χ1v) is 6.90. The van der Waals surface area contributed by atoms with E-state index in [1.807, 2.05) is 13.8 Å². The zero-order valence-electron chi connectivity index (χ0n) is 12.7. The summed E-state index contributed by atoms with van der Waals surface area (Å²) in [4.78, 5) is 19.6. The highest BCUT2D eigenvalue weighted by atomic mass is 16.5. The molecule has 0 saturated carbocycles. The van der Waals surface area contributed by atoms with Crippen molar-refractivity contribution >= 4 is 17.4 Å². The molecular weight excluding hydrogens is 256 g/mol. The quantitative estimate of drug-likeness (QED) is 0.882. The molecule has 1 saturated heterocycles. The lowest BCUT2D eigenvalue weighted by Crippen LogP contribution is -2.36. The third-order valence-electron chi connectivity index (χ3n) is 2.83. The van der Waals surface area contributed by atoms with Crippen LogP contribution in [0.5, 0.6) is 0 Å². The molecule has 2 rings (SSSR count). The third-order valence-corrected chi connectivity index (χ3v) is 2.83. The molecule has 6 heteroatoms. The van der Waals surface area contributed by atoms with E-state index in [9.17, 15) is 4.79 Å². The molecule has 1 aromatic heterocycles. The number of nitrogens with zero attached hydrogens (tertiary/aromatic N) is 3. The maximum Gasteiger partial charge on any atom is 0.272 e. The van der Waals surface area contributed by atoms with Crippen LogP contribution in [0.4, 0.5) is 11.5 Å². The van der Waals surface area contributed by atoms with Crippen LogP contribution in [0.15, 0.2) is 12.1 Å². The summed E-state index contributed by atoms with van der Waals surface area (Å²) < 4.78 is 5.30. The van der Waals surface area contributed by atoms with Crippen LogP contribution in [0, 0.1) is 0 Å². The fourth-order valence-corrected chi connectivity index (χ4v) is 1.88. The average Bonchev–Trinajstić information content (AvgIpc) is 2.48. The van der Waals surface area contributed by atoms with Gasteiger partial charge in [0.25, 0.3) is 5.91 Å². The number of rotatable bonds is 2. The summed E-state index contributed by atoms with van der Waals surface area (Å²) in [6.07, 6.45) is 0. The highest BCUT2D eigenvalue weighted by Crippen LogP contribution is 2.20. The van der Waals surface area contributed by atoms with E-state index in [0.29, 0.717) is 24.7 Å². The van der Waals surface area contributed by atoms with E-state index in [1.165, 1.54) is 4.90 Å². The van der Waals surface area contributed by atoms with Gasteiger partial charge in [0.1, 0.15) is 11.5 Å². The van der Waals surface area contributed by atoms with Gasteiger partial charge in [0, 0.05) is 38.9 Å². The molecule has 6 nitrogen and oxygen atoms in total. The Hall–Kier alpha value is -1.82. The maximum absolute atomic E-state index is 11.9. The molecule has 0 unspecified atom stereocenters. The zero-order chi connectivity index (χ0) is 15.1. The van der Waals surface area contributed by atoms with Crippen molar-refractivity contribution in [3.05, 3.63) is 17.8 Å². The van der Waals surface area contributed by atoms with Crippen LogP contribution in [0.25, 0.3) is 0 Å². The van der Waals surface area contributed by atoms with Gasteiger partial charge in [0.2, 0.25) is 0 Å². The lowest BCUT2D eigenvalue weighted by atomic mass is 10.2. The predicted octanol–water partition coefficient (Wildman–Crippen LogP) is 1.23. The Balaban J connectivity index is 0.000000956. The van der Waals surface area contributed by atoms with E-state index in [4.69, 9.17) is 10.5 Å². The van der Waals surface area contributed by atoms with Gasteiger partial charge in [-0.05, 0) is 6.07 Å². The number of hydrogen-bond donors (Lipinski definition) is 1. The Morgan fingerprint density at radius 2 is 1.90 bits per heavy atom. The first-order valence-electron chi connectivity index (χ1n) is 6.90. The largest absolute Gasteiger partial charge is 0.384 e. The summed E-state index contributed by atoms with van der Waals surface area (Å²) in [6, 6.07) is 3.57. The first kappa shape index (κ1) is 16.2. The standard InChI is InChI=1S/C12H18N4O2.C2H6/c1-15(2)12(17)10-7-9(8-11(13)14-10)16-3-5-18-6-4-16;1-2/h7-8H,3-6H2,1-2H3,(H2,13,14);1-2H3. The topological polar surface area (TPSA) is 71.7 Å². The van der Waals surface area contributed by atoms with Gasteiger partial charge in [-0.1, -0.05) is 13.8 Å². The normalized spacial score (nSPS) is 14.3. The van der Waals surface area contributed by atoms with Crippen molar-refractivity contribution in [2.75, 3.05) is 51.0 Å². The van der Waals surface area contributed by atoms with E-state index in [1.54, 1.807) is 26.2 Å². The Morgan fingerprint density at radius 3 is 2.45 bits per heavy atom. The van der Waals surface area contributed by atoms with Gasteiger partial charge >= 0.3 is 0 Å². The highest BCUT2D eigenvalue weighted by Gasteiger charge is 2.16. The van der Waals surface area contributed by atoms with E-state index in [2.05, 4.69) is 9.88 Å². The number of aromatic nitrogens is 1. The monoisotopic (exact) mass is 280 g/mol. The molecule has 2 N–H and O–H groups in total. The zero-order valence-corrected chi connectivity index (χ0v) is 12.7. The molecule has 1 aliphatic rings. The van der Waals surface area contributed by atoms with E-state index in [0.717, 1.165) is 18.8 Å². The summed E-state index contributed by atoms with van der Waals surface area (Å²) in [5, 5.41) is 0. The van der Waals surface area contributed by atoms with Crippen LogP contribution < -0.4 is 10.6 Å². The number of hydrogen-bond acceptors (Lipinski definition) is 5. The molecule has 0 spiro atoms. The van der Waals surface area contributed by atoms with Gasteiger partial charge in [-0.3, -0.25) is 4.79 Å². The number of nitrogen functional groups attached to an aromatic ring is 1. The van der Waals surface area contributed by atoms with Crippen molar-refractivity contribution in [3.8, 4) is 0 Å². The molecule has 0 bridgehead atoms. The molecule has 1 amide bonds. The van der Waals surface area contributed by atoms with Crippen LogP contribution in [-0.4, -0.2) is 56.2 Å². The molecule has 2 heterocycles. The van der Waals surface area contributed by atoms with Gasteiger partial charge in [0.15, 0.2) is 0 Å². The third kappa shape index (κ3) is 4.09. The average molecular weight is 280 g/mol. The number of morpholine rings is 1. The van der Waals surface area contributed by atoms with Crippen molar-refractivity contribution in [2.24, 2.45) is 0 Å². The molecule has 1 aliphatic heterocycles. The lowest BCUT2D eigenvalue weighted by Gasteiger charge is -2.29. The number of ether oxygens (including phenoxy) is 1. The minimum absolute atomic E-state index is 0.142. The second kappa shape index (κ2) is 7.69. The van der Waals surface area contributed by atoms with Gasteiger partial charge in [-0.15, -0.1) is 0 Å². The summed E-state index contributed by atoms with van der Waals surface area (Å²) in [5.41, 5.74) is 7.07. The van der Waals surface area contributed by atoms with Crippen LogP contribution >= 0.6 is 0 Å². The van der Waals surface area contributed by atoms with Gasteiger partial charge < -0.3 is 20.3 Å². The molecule has 0 aromatic carbocycles. The van der Waals surface area contributed by atoms with E-state index in [-0.39, 0.29) is 5.91 Å². The first-order chi connectivity index (χ1) is 9.58. The van der Waals surface area contributed by atoms with Gasteiger partial charge in [0.05, 0.1) is 13.2 Å². The van der Waals surface area contributed by atoms with Crippen molar-refractivity contribution in [2.45, 2.75) is 13.8 Å². The maximum atomic E-state index is 11.9. The molecule has 20 heavy (non-hydrogen) atoms. The molecule has 0 atom stereocenters. The molecule has 112 valence electrons. The number of carbonyl (C=O) groups excluding carboxylic acids is 1. The number of anilines is 2. The summed E-state index contributed by atoms with van der Waals surface area (Å²) in [7, 11) is 3.39. The molecular formula is C14H24N4O2. The minimum Gasteiger partial charge on any atom is -0.384 e. The number of amides is 1. The van der Waals surface area contributed by atoms with Crippen LogP contribution in [0.1, 0.15) is 24.3 Å². The van der Waals surface area contributed by atoms with Gasteiger partial charge in [-0.2, -0.15) is 0 Å². The highest BCUT2D eigenvalue weighted by molar-refractivity contribution is 5.93. The second-order valence-corrected chi connectivity index (χ2v) is 4.43. The molecule has 1 fully saturated rings. The summed E-state index contributed by atoms with van der Waals surface area (Å²) in [5.74, 6) is 0.223. The van der Waals surface area contributed by atoms with Gasteiger partial charge in [-0.25, -0.2) is 4.98 Å². The molecule has 0 radical (unpaired) electrons. The molecule has 1 aromatic rings. The molecule has 0 aliphatic carbocycles. The SMILES string of the molecule is CC.CN(C)C(=O)c1cc(N2CCOCC2)cc(N)n1. The van der Waals surface area contributed by atoms with Crippen LogP contribution in [0.2, 0.25) is 0 Å². The smallest absolute Gasteiger partial charge is 0.272 e. The van der Waals surface area contributed by atoms with Crippen molar-refractivity contribution < 1.29 is 9.53 Å². The second-order valence-electron chi connectivity index (χ2n) is 4.43. The Labute approximate surface area is 120 Å². The van der Waals surface area contributed by atoms with Crippen molar-refractivity contribution in [1.29, 1.82) is 0 Å². The Bertz CT molecular complexity index is 443.